The Kier molecular flexibility index (Phi) is 4.30. The summed E-state index contributed by atoms with van der Waals surface area (Å²) in [5, 5.41) is 14.3. The standard InChI is InChI=1S/C19H15FN4O5/c1-28-13-5-9(6-14(29-2)17(13)25)8-21-24-18(26)16-15(23-19(24)27)11-7-10(20)3-4-12(11)22-16/h3-8,22,25H,1-2H3,(H,23,27)/b21-8-. The average Bonchev–Trinajstić information content (AvgIpc) is 3.06. The fraction of sp³-hybridized carbons (Fsp3) is 0.105. The molecule has 0 aliphatic carbocycles. The summed E-state index contributed by atoms with van der Waals surface area (Å²) in [5.41, 5.74) is -0.279. The largest absolute Gasteiger partial charge is 0.502 e. The molecule has 4 aromatic rings. The third-order valence-corrected chi connectivity index (χ3v) is 4.42. The molecule has 2 heterocycles. The van der Waals surface area contributed by atoms with E-state index in [4.69, 9.17) is 9.47 Å². The van der Waals surface area contributed by atoms with Crippen LogP contribution in [-0.4, -0.2) is 40.2 Å². The molecule has 0 aliphatic rings. The van der Waals surface area contributed by atoms with Crippen molar-refractivity contribution in [2.75, 3.05) is 14.2 Å². The number of nitrogens with one attached hydrogen (secondary N) is 2. The fourth-order valence-corrected chi connectivity index (χ4v) is 3.03. The topological polar surface area (TPSA) is 122 Å². The highest BCUT2D eigenvalue weighted by molar-refractivity contribution is 6.04. The molecule has 148 valence electrons. The van der Waals surface area contributed by atoms with Crippen LogP contribution in [0, 0.1) is 5.82 Å². The molecule has 2 aromatic carbocycles. The average molecular weight is 398 g/mol. The third-order valence-electron chi connectivity index (χ3n) is 4.42. The summed E-state index contributed by atoms with van der Waals surface area (Å²) in [6.45, 7) is 0. The lowest BCUT2D eigenvalue weighted by atomic mass is 10.2. The van der Waals surface area contributed by atoms with Gasteiger partial charge in [0.2, 0.25) is 5.75 Å². The van der Waals surface area contributed by atoms with Crippen LogP contribution in [0.25, 0.3) is 21.9 Å². The normalized spacial score (nSPS) is 11.6. The summed E-state index contributed by atoms with van der Waals surface area (Å²) in [7, 11) is 2.74. The number of ether oxygens (including phenoxy) is 2. The molecule has 0 radical (unpaired) electrons. The zero-order valence-electron chi connectivity index (χ0n) is 15.3. The van der Waals surface area contributed by atoms with Crippen LogP contribution in [0.4, 0.5) is 4.39 Å². The number of halogens is 1. The van der Waals surface area contributed by atoms with E-state index in [9.17, 15) is 19.1 Å². The van der Waals surface area contributed by atoms with Gasteiger partial charge in [-0.05, 0) is 30.3 Å². The van der Waals surface area contributed by atoms with Crippen LogP contribution in [-0.2, 0) is 0 Å². The van der Waals surface area contributed by atoms with Crippen LogP contribution in [0.3, 0.4) is 0 Å². The smallest absolute Gasteiger partial charge is 0.350 e. The molecule has 0 aliphatic heterocycles. The minimum Gasteiger partial charge on any atom is -0.502 e. The van der Waals surface area contributed by atoms with E-state index < -0.39 is 17.1 Å². The van der Waals surface area contributed by atoms with Crippen molar-refractivity contribution in [1.29, 1.82) is 0 Å². The van der Waals surface area contributed by atoms with Crippen molar-refractivity contribution in [2.45, 2.75) is 0 Å². The molecule has 10 heteroatoms. The number of phenolic OH excluding ortho intramolecular Hbond substituents is 1. The second-order valence-corrected chi connectivity index (χ2v) is 6.13. The summed E-state index contributed by atoms with van der Waals surface area (Å²) in [4.78, 5) is 30.6. The van der Waals surface area contributed by atoms with Gasteiger partial charge in [-0.3, -0.25) is 4.79 Å². The first-order valence-corrected chi connectivity index (χ1v) is 8.38. The van der Waals surface area contributed by atoms with Gasteiger partial charge in [0.15, 0.2) is 11.5 Å². The van der Waals surface area contributed by atoms with Crippen LogP contribution in [0.1, 0.15) is 5.56 Å². The molecule has 0 amide bonds. The van der Waals surface area contributed by atoms with Gasteiger partial charge in [0.25, 0.3) is 0 Å². The van der Waals surface area contributed by atoms with Gasteiger partial charge in [0.05, 0.1) is 26.0 Å². The van der Waals surface area contributed by atoms with Gasteiger partial charge in [0, 0.05) is 16.5 Å². The molecule has 0 fully saturated rings. The number of hydrogen-bond donors (Lipinski definition) is 3. The molecular formula is C19H15FN4O5. The van der Waals surface area contributed by atoms with Crippen LogP contribution in [0.2, 0.25) is 0 Å². The van der Waals surface area contributed by atoms with E-state index in [0.717, 1.165) is 0 Å². The van der Waals surface area contributed by atoms with Crippen LogP contribution in [0.5, 0.6) is 17.2 Å². The maximum absolute atomic E-state index is 13.5. The van der Waals surface area contributed by atoms with E-state index in [-0.39, 0.29) is 28.3 Å². The van der Waals surface area contributed by atoms with Gasteiger partial charge < -0.3 is 24.5 Å². The lowest BCUT2D eigenvalue weighted by Crippen LogP contribution is -2.32. The Morgan fingerprint density at radius 1 is 1.07 bits per heavy atom. The quantitative estimate of drug-likeness (QED) is 0.454. The molecule has 0 bridgehead atoms. The highest BCUT2D eigenvalue weighted by Crippen LogP contribution is 2.36. The van der Waals surface area contributed by atoms with Crippen molar-refractivity contribution >= 4 is 28.2 Å². The molecule has 29 heavy (non-hydrogen) atoms. The number of phenols is 1. The summed E-state index contributed by atoms with van der Waals surface area (Å²) in [5.74, 6) is -0.397. The molecule has 2 aromatic heterocycles. The predicted octanol–water partition coefficient (Wildman–Crippen LogP) is 1.92. The van der Waals surface area contributed by atoms with Gasteiger partial charge in [-0.2, -0.15) is 5.10 Å². The number of nitrogens with zero attached hydrogens (tertiary/aromatic N) is 2. The van der Waals surface area contributed by atoms with Gasteiger partial charge in [-0.1, -0.05) is 0 Å². The number of benzene rings is 2. The van der Waals surface area contributed by atoms with Crippen molar-refractivity contribution in [2.24, 2.45) is 5.10 Å². The third kappa shape index (κ3) is 3.00. The van der Waals surface area contributed by atoms with Gasteiger partial charge in [0.1, 0.15) is 11.3 Å². The molecule has 0 atom stereocenters. The summed E-state index contributed by atoms with van der Waals surface area (Å²) in [6, 6.07) is 6.88. The zero-order valence-corrected chi connectivity index (χ0v) is 15.3. The number of fused-ring (bicyclic) bond motifs is 3. The van der Waals surface area contributed by atoms with Crippen LogP contribution < -0.4 is 20.7 Å². The van der Waals surface area contributed by atoms with E-state index in [1.54, 1.807) is 0 Å². The first-order valence-electron chi connectivity index (χ1n) is 8.38. The maximum atomic E-state index is 13.5. The Morgan fingerprint density at radius 2 is 1.76 bits per heavy atom. The first kappa shape index (κ1) is 18.3. The Hall–Kier alpha value is -4.08. The molecule has 0 unspecified atom stereocenters. The lowest BCUT2D eigenvalue weighted by Gasteiger charge is -2.09. The van der Waals surface area contributed by atoms with Crippen molar-refractivity contribution in [1.82, 2.24) is 14.6 Å². The summed E-state index contributed by atoms with van der Waals surface area (Å²) >= 11 is 0. The molecule has 4 rings (SSSR count). The Labute approximate surface area is 161 Å². The van der Waals surface area contributed by atoms with E-state index in [0.29, 0.717) is 21.1 Å². The molecular weight excluding hydrogens is 383 g/mol. The summed E-state index contributed by atoms with van der Waals surface area (Å²) in [6.07, 6.45) is 1.25. The lowest BCUT2D eigenvalue weighted by molar-refractivity contribution is 0.340. The first-order chi connectivity index (χ1) is 13.9. The minimum absolute atomic E-state index is 0.0863. The number of aromatic amines is 2. The van der Waals surface area contributed by atoms with Crippen molar-refractivity contribution in [3.8, 4) is 17.2 Å². The minimum atomic E-state index is -0.790. The van der Waals surface area contributed by atoms with Gasteiger partial charge >= 0.3 is 11.2 Å². The van der Waals surface area contributed by atoms with E-state index in [1.807, 2.05) is 0 Å². The molecule has 9 nitrogen and oxygen atoms in total. The van der Waals surface area contributed by atoms with E-state index >= 15 is 0 Å². The second kappa shape index (κ2) is 6.82. The maximum Gasteiger partial charge on any atom is 0.350 e. The van der Waals surface area contributed by atoms with Crippen LogP contribution >= 0.6 is 0 Å². The van der Waals surface area contributed by atoms with E-state index in [1.165, 1.54) is 50.8 Å². The highest BCUT2D eigenvalue weighted by atomic mass is 19.1. The highest BCUT2D eigenvalue weighted by Gasteiger charge is 2.14. The van der Waals surface area contributed by atoms with Gasteiger partial charge in [-0.25, -0.2) is 9.18 Å². The molecule has 0 saturated heterocycles. The van der Waals surface area contributed by atoms with Crippen molar-refractivity contribution < 1.29 is 19.0 Å². The number of methoxy groups -OCH3 is 2. The number of aromatic nitrogens is 3. The Balaban J connectivity index is 1.86. The van der Waals surface area contributed by atoms with Gasteiger partial charge in [-0.15, -0.1) is 4.68 Å². The Morgan fingerprint density at radius 3 is 2.41 bits per heavy atom. The molecule has 0 spiro atoms. The predicted molar refractivity (Wildman–Crippen MR) is 105 cm³/mol. The van der Waals surface area contributed by atoms with Crippen molar-refractivity contribution in [3.63, 3.8) is 0 Å². The molecule has 3 N–H and O–H groups in total. The Bertz CT molecular complexity index is 1370. The number of H-pyrrole nitrogens is 2. The number of rotatable bonds is 4. The zero-order chi connectivity index (χ0) is 20.7. The summed E-state index contributed by atoms with van der Waals surface area (Å²) < 4.78 is 24.3. The molecule has 0 saturated carbocycles. The second-order valence-electron chi connectivity index (χ2n) is 6.13. The van der Waals surface area contributed by atoms with Crippen LogP contribution in [0.15, 0.2) is 45.0 Å². The monoisotopic (exact) mass is 398 g/mol. The van der Waals surface area contributed by atoms with E-state index in [2.05, 4.69) is 15.1 Å². The number of aromatic hydroxyl groups is 1. The number of hydrogen-bond acceptors (Lipinski definition) is 6. The SMILES string of the molecule is COc1cc(/C=N\n2c(=O)[nH]c3c([nH]c4ccc(F)cc43)c2=O)cc(OC)c1O. The van der Waals surface area contributed by atoms with Crippen molar-refractivity contribution in [3.05, 3.63) is 62.6 Å². The fourth-order valence-electron chi connectivity index (χ4n) is 3.03.